The summed E-state index contributed by atoms with van der Waals surface area (Å²) in [4.78, 5) is 26.3. The molecular formula is C25H28N2O6. The van der Waals surface area contributed by atoms with Gasteiger partial charge in [0.15, 0.2) is 11.5 Å². The van der Waals surface area contributed by atoms with E-state index in [1.807, 2.05) is 26.0 Å². The van der Waals surface area contributed by atoms with E-state index in [1.165, 1.54) is 6.07 Å². The molecule has 4 atom stereocenters. The molecule has 0 bridgehead atoms. The smallest absolute Gasteiger partial charge is 0.337 e. The first-order chi connectivity index (χ1) is 15.7. The number of hydrogen-bond acceptors (Lipinski definition) is 6. The van der Waals surface area contributed by atoms with Crippen molar-refractivity contribution in [2.24, 2.45) is 5.92 Å². The van der Waals surface area contributed by atoms with E-state index < -0.39 is 11.6 Å². The summed E-state index contributed by atoms with van der Waals surface area (Å²) in [6.45, 7) is 4.91. The summed E-state index contributed by atoms with van der Waals surface area (Å²) in [6, 6.07) is 11.8. The van der Waals surface area contributed by atoms with Crippen LogP contribution >= 0.6 is 0 Å². The molecule has 0 unspecified atom stereocenters. The van der Waals surface area contributed by atoms with Gasteiger partial charge in [-0.2, -0.15) is 0 Å². The minimum absolute atomic E-state index is 0.0190. The molecular weight excluding hydrogens is 424 g/mol. The number of likely N-dealkylation sites (tertiary alicyclic amines) is 1. The van der Waals surface area contributed by atoms with Crippen molar-refractivity contribution in [2.45, 2.75) is 50.5 Å². The summed E-state index contributed by atoms with van der Waals surface area (Å²) in [5.74, 6) is -0.653. The molecule has 5 rings (SSSR count). The number of anilines is 1. The maximum Gasteiger partial charge on any atom is 0.337 e. The molecule has 3 aliphatic heterocycles. The highest BCUT2D eigenvalue weighted by Gasteiger charge is 2.53. The molecule has 0 aliphatic carbocycles. The Balaban J connectivity index is 1.32. The van der Waals surface area contributed by atoms with Crippen molar-refractivity contribution in [1.82, 2.24) is 4.90 Å². The van der Waals surface area contributed by atoms with Crippen LogP contribution in [0.3, 0.4) is 0 Å². The zero-order chi connectivity index (χ0) is 23.3. The lowest BCUT2D eigenvalue weighted by Gasteiger charge is -2.50. The van der Waals surface area contributed by atoms with E-state index in [4.69, 9.17) is 9.47 Å². The van der Waals surface area contributed by atoms with E-state index in [0.717, 1.165) is 24.9 Å². The number of aromatic carboxylic acids is 1. The van der Waals surface area contributed by atoms with Gasteiger partial charge in [-0.05, 0) is 44.9 Å². The van der Waals surface area contributed by atoms with Crippen LogP contribution in [0.15, 0.2) is 42.5 Å². The van der Waals surface area contributed by atoms with Crippen LogP contribution in [0.4, 0.5) is 5.69 Å². The van der Waals surface area contributed by atoms with E-state index in [2.05, 4.69) is 10.2 Å². The molecule has 0 spiro atoms. The summed E-state index contributed by atoms with van der Waals surface area (Å²) < 4.78 is 12.8. The molecule has 3 N–H and O–H groups in total. The van der Waals surface area contributed by atoms with Gasteiger partial charge in [-0.15, -0.1) is 0 Å². The standard InChI is InChI=1S/C25H28N2O6/c1-25(2)16-12-18-20(32-22(16)15-7-5-9-19(28)23(15)33-25)10-11-27(18)13-21(29)26-17-8-4-3-6-14(17)24(30)31/h3-9,16,18,20,22,28H,10-13H2,1-2H3,(H,26,29)(H,30,31)/t16-,18+,20-,22+/m0/s1. The van der Waals surface area contributed by atoms with Gasteiger partial charge in [-0.25, -0.2) is 4.79 Å². The van der Waals surface area contributed by atoms with Crippen LogP contribution < -0.4 is 10.1 Å². The molecule has 2 aromatic rings. The number of fused-ring (bicyclic) bond motifs is 4. The van der Waals surface area contributed by atoms with Crippen molar-refractivity contribution in [1.29, 1.82) is 0 Å². The lowest BCUT2D eigenvalue weighted by Crippen LogP contribution is -2.54. The third kappa shape index (κ3) is 3.83. The number of nitrogens with zero attached hydrogens (tertiary/aromatic N) is 1. The number of hydrogen-bond donors (Lipinski definition) is 3. The number of ether oxygens (including phenoxy) is 2. The number of carboxylic acid groups (broad SMARTS) is 1. The SMILES string of the molecule is CC1(C)Oc2c(O)cccc2[C@H]2O[C@H]3CCN(CC(=O)Nc4ccccc4C(=O)O)[C@@H]3C[C@@H]21. The van der Waals surface area contributed by atoms with Crippen molar-refractivity contribution >= 4 is 17.6 Å². The van der Waals surface area contributed by atoms with Crippen molar-refractivity contribution in [3.8, 4) is 11.5 Å². The summed E-state index contributed by atoms with van der Waals surface area (Å²) in [7, 11) is 0. The molecule has 174 valence electrons. The second-order valence-electron chi connectivity index (χ2n) is 9.56. The van der Waals surface area contributed by atoms with Gasteiger partial charge in [-0.1, -0.05) is 24.3 Å². The number of amides is 1. The van der Waals surface area contributed by atoms with Crippen LogP contribution in [-0.4, -0.2) is 57.8 Å². The largest absolute Gasteiger partial charge is 0.504 e. The number of nitrogens with one attached hydrogen (secondary N) is 1. The summed E-state index contributed by atoms with van der Waals surface area (Å²) in [5.41, 5.74) is 0.693. The highest BCUT2D eigenvalue weighted by molar-refractivity contribution is 6.01. The summed E-state index contributed by atoms with van der Waals surface area (Å²) in [6.07, 6.45) is 1.42. The average Bonchev–Trinajstić information content (AvgIpc) is 3.15. The number of phenols is 1. The van der Waals surface area contributed by atoms with E-state index in [0.29, 0.717) is 11.4 Å². The molecule has 8 heteroatoms. The lowest BCUT2D eigenvalue weighted by molar-refractivity contribution is -0.162. The van der Waals surface area contributed by atoms with Crippen LogP contribution in [0, 0.1) is 5.92 Å². The first-order valence-corrected chi connectivity index (χ1v) is 11.3. The lowest BCUT2D eigenvalue weighted by atomic mass is 9.74. The van der Waals surface area contributed by atoms with Crippen LogP contribution in [-0.2, 0) is 9.53 Å². The van der Waals surface area contributed by atoms with Crippen molar-refractivity contribution in [3.05, 3.63) is 53.6 Å². The molecule has 2 saturated heterocycles. The quantitative estimate of drug-likeness (QED) is 0.652. The number of rotatable bonds is 4. The van der Waals surface area contributed by atoms with E-state index in [9.17, 15) is 19.8 Å². The van der Waals surface area contributed by atoms with Gasteiger partial charge in [0.2, 0.25) is 5.91 Å². The Bertz CT molecular complexity index is 1100. The maximum absolute atomic E-state index is 12.8. The van der Waals surface area contributed by atoms with Crippen molar-refractivity contribution in [2.75, 3.05) is 18.4 Å². The number of benzene rings is 2. The molecule has 2 aromatic carbocycles. The van der Waals surface area contributed by atoms with Crippen LogP contribution in [0.1, 0.15) is 48.7 Å². The van der Waals surface area contributed by atoms with Gasteiger partial charge in [-0.3, -0.25) is 9.69 Å². The highest BCUT2D eigenvalue weighted by Crippen LogP contribution is 2.54. The molecule has 0 aromatic heterocycles. The number of aromatic hydroxyl groups is 1. The summed E-state index contributed by atoms with van der Waals surface area (Å²) >= 11 is 0. The van der Waals surface area contributed by atoms with Crippen LogP contribution in [0.25, 0.3) is 0 Å². The molecule has 0 radical (unpaired) electrons. The third-order valence-corrected chi connectivity index (χ3v) is 7.15. The van der Waals surface area contributed by atoms with E-state index in [-0.39, 0.29) is 47.9 Å². The van der Waals surface area contributed by atoms with Crippen LogP contribution in [0.5, 0.6) is 11.5 Å². The van der Waals surface area contributed by atoms with Gasteiger partial charge in [0.1, 0.15) is 5.60 Å². The fraction of sp³-hybridized carbons (Fsp3) is 0.440. The molecule has 3 aliphatic rings. The Morgan fingerprint density at radius 1 is 1.18 bits per heavy atom. The minimum Gasteiger partial charge on any atom is -0.504 e. The molecule has 1 amide bonds. The number of para-hydroxylation sites is 2. The van der Waals surface area contributed by atoms with Gasteiger partial charge in [0, 0.05) is 24.1 Å². The van der Waals surface area contributed by atoms with E-state index >= 15 is 0 Å². The first kappa shape index (κ1) is 21.7. The van der Waals surface area contributed by atoms with Gasteiger partial charge in [0.25, 0.3) is 0 Å². The zero-order valence-electron chi connectivity index (χ0n) is 18.7. The van der Waals surface area contributed by atoms with Crippen LogP contribution in [0.2, 0.25) is 0 Å². The Kier molecular flexibility index (Phi) is 5.29. The Morgan fingerprint density at radius 3 is 2.76 bits per heavy atom. The molecule has 2 fully saturated rings. The monoisotopic (exact) mass is 452 g/mol. The normalized spacial score (nSPS) is 27.6. The van der Waals surface area contributed by atoms with Gasteiger partial charge >= 0.3 is 5.97 Å². The fourth-order valence-corrected chi connectivity index (χ4v) is 5.52. The highest BCUT2D eigenvalue weighted by atomic mass is 16.5. The first-order valence-electron chi connectivity index (χ1n) is 11.3. The minimum atomic E-state index is -1.08. The second kappa shape index (κ2) is 8.04. The zero-order valence-corrected chi connectivity index (χ0v) is 18.7. The topological polar surface area (TPSA) is 108 Å². The molecule has 8 nitrogen and oxygen atoms in total. The van der Waals surface area contributed by atoms with Crippen molar-refractivity contribution in [3.63, 3.8) is 0 Å². The molecule has 33 heavy (non-hydrogen) atoms. The Morgan fingerprint density at radius 2 is 1.97 bits per heavy atom. The number of phenolic OH excluding ortho intramolecular Hbond substituents is 1. The molecule has 3 heterocycles. The summed E-state index contributed by atoms with van der Waals surface area (Å²) in [5, 5.41) is 22.4. The number of carbonyl (C=O) groups is 2. The number of carboxylic acids is 1. The Labute approximate surface area is 192 Å². The number of carbonyl (C=O) groups excluding carboxylic acids is 1. The van der Waals surface area contributed by atoms with E-state index in [1.54, 1.807) is 24.3 Å². The predicted octanol–water partition coefficient (Wildman–Crippen LogP) is 3.42. The second-order valence-corrected chi connectivity index (χ2v) is 9.56. The fourth-order valence-electron chi connectivity index (χ4n) is 5.52. The Hall–Kier alpha value is -3.10. The average molecular weight is 453 g/mol. The third-order valence-electron chi connectivity index (χ3n) is 7.15. The maximum atomic E-state index is 12.8. The van der Waals surface area contributed by atoms with Gasteiger partial charge in [0.05, 0.1) is 30.0 Å². The van der Waals surface area contributed by atoms with Gasteiger partial charge < -0.3 is 25.0 Å². The predicted molar refractivity (Wildman–Crippen MR) is 121 cm³/mol. The molecule has 0 saturated carbocycles. The van der Waals surface area contributed by atoms with Crippen molar-refractivity contribution < 1.29 is 29.3 Å².